The van der Waals surface area contributed by atoms with Gasteiger partial charge in [0, 0.05) is 6.04 Å². The maximum absolute atomic E-state index is 5.71. The summed E-state index contributed by atoms with van der Waals surface area (Å²) in [6, 6.07) is 4.78. The second-order valence-electron chi connectivity index (χ2n) is 4.16. The van der Waals surface area contributed by atoms with Crippen LogP contribution < -0.4 is 5.32 Å². The summed E-state index contributed by atoms with van der Waals surface area (Å²) in [5, 5.41) is 3.54. The van der Waals surface area contributed by atoms with E-state index in [0.717, 1.165) is 30.2 Å². The summed E-state index contributed by atoms with van der Waals surface area (Å²) < 4.78 is 5.71. The molecule has 1 N–H and O–H groups in total. The van der Waals surface area contributed by atoms with Crippen LogP contribution in [-0.4, -0.2) is 12.3 Å². The molecule has 1 aliphatic carbocycles. The molecule has 3 heteroatoms. The third kappa shape index (κ3) is 3.42. The molecule has 0 saturated carbocycles. The zero-order valence-electron chi connectivity index (χ0n) is 9.74. The zero-order valence-corrected chi connectivity index (χ0v) is 10.6. The van der Waals surface area contributed by atoms with Crippen molar-refractivity contribution in [3.63, 3.8) is 0 Å². The minimum atomic E-state index is 0.624. The van der Waals surface area contributed by atoms with E-state index in [9.17, 15) is 0 Å². The second kappa shape index (κ2) is 6.16. The third-order valence-electron chi connectivity index (χ3n) is 2.84. The van der Waals surface area contributed by atoms with Crippen LogP contribution in [0.5, 0.6) is 0 Å². The Morgan fingerprint density at radius 2 is 2.25 bits per heavy atom. The molecule has 1 heterocycles. The molecule has 0 fully saturated rings. The molecule has 0 radical (unpaired) electrons. The monoisotopic (exact) mass is 237 g/mol. The van der Waals surface area contributed by atoms with E-state index in [4.69, 9.17) is 4.42 Å². The van der Waals surface area contributed by atoms with E-state index in [-0.39, 0.29) is 0 Å². The fraction of sp³-hybridized carbons (Fsp3) is 0.538. The molecule has 1 aromatic heterocycles. The van der Waals surface area contributed by atoms with Crippen molar-refractivity contribution in [2.45, 2.75) is 37.6 Å². The van der Waals surface area contributed by atoms with Crippen molar-refractivity contribution >= 4 is 11.8 Å². The molecule has 1 atom stereocenters. The molecule has 2 nitrogen and oxygen atoms in total. The number of hydrogen-bond donors (Lipinski definition) is 1. The highest BCUT2D eigenvalue weighted by atomic mass is 32.2. The van der Waals surface area contributed by atoms with Crippen LogP contribution in [0, 0.1) is 0 Å². The maximum atomic E-state index is 5.71. The lowest BCUT2D eigenvalue weighted by Crippen LogP contribution is -2.28. The van der Waals surface area contributed by atoms with Gasteiger partial charge >= 0.3 is 0 Å². The van der Waals surface area contributed by atoms with E-state index in [2.05, 4.69) is 35.9 Å². The van der Waals surface area contributed by atoms with Gasteiger partial charge in [-0.1, -0.05) is 12.2 Å². The van der Waals surface area contributed by atoms with Crippen molar-refractivity contribution in [2.75, 3.05) is 6.26 Å². The molecule has 88 valence electrons. The third-order valence-corrected chi connectivity index (χ3v) is 3.41. The molecule has 1 unspecified atom stereocenters. The van der Waals surface area contributed by atoms with Gasteiger partial charge in [-0.05, 0) is 37.7 Å². The predicted molar refractivity (Wildman–Crippen MR) is 69.5 cm³/mol. The summed E-state index contributed by atoms with van der Waals surface area (Å²) in [6.45, 7) is 0.854. The fourth-order valence-electron chi connectivity index (χ4n) is 1.96. The minimum Gasteiger partial charge on any atom is -0.464 e. The first-order valence-corrected chi connectivity index (χ1v) is 7.23. The number of thioether (sulfide) groups is 1. The average molecular weight is 237 g/mol. The van der Waals surface area contributed by atoms with Gasteiger partial charge in [-0.2, -0.15) is 11.8 Å². The number of rotatable bonds is 5. The molecule has 0 aromatic carbocycles. The normalized spacial score (nSPS) is 20.2. The van der Waals surface area contributed by atoms with Crippen molar-refractivity contribution in [3.05, 3.63) is 35.8 Å². The van der Waals surface area contributed by atoms with Crippen molar-refractivity contribution in [2.24, 2.45) is 0 Å². The highest BCUT2D eigenvalue weighted by Gasteiger charge is 2.09. The largest absolute Gasteiger partial charge is 0.464 e. The van der Waals surface area contributed by atoms with Crippen LogP contribution in [-0.2, 0) is 12.3 Å². The fourth-order valence-corrected chi connectivity index (χ4v) is 2.40. The van der Waals surface area contributed by atoms with Crippen molar-refractivity contribution < 1.29 is 4.42 Å². The Balaban J connectivity index is 1.77. The van der Waals surface area contributed by atoms with Gasteiger partial charge in [-0.15, -0.1) is 0 Å². The van der Waals surface area contributed by atoms with Gasteiger partial charge in [-0.3, -0.25) is 0 Å². The topological polar surface area (TPSA) is 25.2 Å². The number of furan rings is 1. The van der Waals surface area contributed by atoms with Crippen LogP contribution in [0.25, 0.3) is 0 Å². The number of nitrogens with one attached hydrogen (secondary N) is 1. The molecular weight excluding hydrogens is 218 g/mol. The Bertz CT molecular complexity index is 345. The molecule has 16 heavy (non-hydrogen) atoms. The quantitative estimate of drug-likeness (QED) is 0.795. The van der Waals surface area contributed by atoms with Gasteiger partial charge in [0.2, 0.25) is 0 Å². The standard InChI is InChI=1S/C13H19NOS/c1-16-10-13-8-7-12(15-13)9-14-11-5-3-2-4-6-11/h2-3,7-8,11,14H,4-6,9-10H2,1H3. The van der Waals surface area contributed by atoms with E-state index >= 15 is 0 Å². The molecule has 0 bridgehead atoms. The summed E-state index contributed by atoms with van der Waals surface area (Å²) in [7, 11) is 0. The lowest BCUT2D eigenvalue weighted by Gasteiger charge is -2.18. The van der Waals surface area contributed by atoms with Gasteiger partial charge < -0.3 is 9.73 Å². The lowest BCUT2D eigenvalue weighted by molar-refractivity contribution is 0.415. The van der Waals surface area contributed by atoms with Gasteiger partial charge in [-0.25, -0.2) is 0 Å². The van der Waals surface area contributed by atoms with E-state index in [1.165, 1.54) is 12.8 Å². The first-order valence-electron chi connectivity index (χ1n) is 5.83. The van der Waals surface area contributed by atoms with Crippen LogP contribution >= 0.6 is 11.8 Å². The van der Waals surface area contributed by atoms with E-state index in [0.29, 0.717) is 6.04 Å². The molecule has 1 aliphatic rings. The Hall–Kier alpha value is -0.670. The van der Waals surface area contributed by atoms with Crippen molar-refractivity contribution in [3.8, 4) is 0 Å². The summed E-state index contributed by atoms with van der Waals surface area (Å²) in [4.78, 5) is 0. The van der Waals surface area contributed by atoms with Crippen LogP contribution in [0.2, 0.25) is 0 Å². The zero-order chi connectivity index (χ0) is 11.2. The van der Waals surface area contributed by atoms with Crippen molar-refractivity contribution in [1.82, 2.24) is 5.32 Å². The van der Waals surface area contributed by atoms with E-state index < -0.39 is 0 Å². The van der Waals surface area contributed by atoms with Crippen LogP contribution in [0.1, 0.15) is 30.8 Å². The van der Waals surface area contributed by atoms with Gasteiger partial charge in [0.1, 0.15) is 11.5 Å². The summed E-state index contributed by atoms with van der Waals surface area (Å²) >= 11 is 1.79. The molecule has 0 amide bonds. The van der Waals surface area contributed by atoms with Crippen LogP contribution in [0.4, 0.5) is 0 Å². The molecule has 0 aliphatic heterocycles. The summed E-state index contributed by atoms with van der Waals surface area (Å²) in [5.41, 5.74) is 0. The van der Waals surface area contributed by atoms with Gasteiger partial charge in [0.05, 0.1) is 12.3 Å². The highest BCUT2D eigenvalue weighted by molar-refractivity contribution is 7.97. The Morgan fingerprint density at radius 3 is 3.00 bits per heavy atom. The molecule has 0 saturated heterocycles. The van der Waals surface area contributed by atoms with Crippen LogP contribution in [0.3, 0.4) is 0 Å². The first-order chi connectivity index (χ1) is 7.88. The smallest absolute Gasteiger partial charge is 0.118 e. The average Bonchev–Trinajstić information content (AvgIpc) is 2.76. The summed E-state index contributed by atoms with van der Waals surface area (Å²) in [6.07, 6.45) is 10.2. The van der Waals surface area contributed by atoms with Crippen LogP contribution in [0.15, 0.2) is 28.7 Å². The minimum absolute atomic E-state index is 0.624. The molecule has 0 spiro atoms. The lowest BCUT2D eigenvalue weighted by atomic mass is 10.0. The van der Waals surface area contributed by atoms with Crippen molar-refractivity contribution in [1.29, 1.82) is 0 Å². The molecule has 2 rings (SSSR count). The number of hydrogen-bond acceptors (Lipinski definition) is 3. The number of allylic oxidation sites excluding steroid dienone is 1. The SMILES string of the molecule is CSCc1ccc(CNC2CC=CCC2)o1. The molecule has 1 aromatic rings. The van der Waals surface area contributed by atoms with E-state index in [1.807, 2.05) is 0 Å². The molecular formula is C13H19NOS. The predicted octanol–water partition coefficient (Wildman–Crippen LogP) is 3.34. The van der Waals surface area contributed by atoms with Gasteiger partial charge in [0.15, 0.2) is 0 Å². The Morgan fingerprint density at radius 1 is 1.38 bits per heavy atom. The maximum Gasteiger partial charge on any atom is 0.118 e. The summed E-state index contributed by atoms with van der Waals surface area (Å²) in [5.74, 6) is 3.10. The Kier molecular flexibility index (Phi) is 4.55. The first kappa shape index (κ1) is 11.8. The second-order valence-corrected chi connectivity index (χ2v) is 5.03. The Labute approximate surface area is 101 Å². The van der Waals surface area contributed by atoms with Gasteiger partial charge in [0.25, 0.3) is 0 Å². The highest BCUT2D eigenvalue weighted by Crippen LogP contribution is 2.15. The van der Waals surface area contributed by atoms with E-state index in [1.54, 1.807) is 11.8 Å².